The van der Waals surface area contributed by atoms with Crippen molar-refractivity contribution >= 4 is 15.9 Å². The quantitative estimate of drug-likeness (QED) is 0.849. The molecule has 1 amide bonds. The molecule has 1 aromatic heterocycles. The number of aryl methyl sites for hydroxylation is 1. The summed E-state index contributed by atoms with van der Waals surface area (Å²) in [5.74, 6) is -0.991. The molecule has 0 saturated heterocycles. The molecule has 0 bridgehead atoms. The maximum atomic E-state index is 13.2. The highest BCUT2D eigenvalue weighted by Gasteiger charge is 2.26. The third-order valence-corrected chi connectivity index (χ3v) is 4.82. The number of hydrogen-bond donors (Lipinski definition) is 2. The van der Waals surface area contributed by atoms with E-state index < -0.39 is 21.5 Å². The summed E-state index contributed by atoms with van der Waals surface area (Å²) in [6.45, 7) is 6.90. The number of furan rings is 1. The van der Waals surface area contributed by atoms with E-state index in [9.17, 15) is 17.6 Å². The number of rotatable bonds is 5. The second-order valence-corrected chi connectivity index (χ2v) is 8.35. The first-order valence-corrected chi connectivity index (χ1v) is 9.13. The van der Waals surface area contributed by atoms with Crippen molar-refractivity contribution in [3.05, 3.63) is 53.0 Å². The molecule has 2 aromatic rings. The Kier molecular flexibility index (Phi) is 5.34. The van der Waals surface area contributed by atoms with E-state index >= 15 is 0 Å². The van der Waals surface area contributed by atoms with Crippen LogP contribution < -0.4 is 10.0 Å². The Morgan fingerprint density at radius 2 is 1.88 bits per heavy atom. The van der Waals surface area contributed by atoms with Crippen molar-refractivity contribution in [3.63, 3.8) is 0 Å². The first-order chi connectivity index (χ1) is 11.5. The van der Waals surface area contributed by atoms with Gasteiger partial charge >= 0.3 is 0 Å². The van der Waals surface area contributed by atoms with Crippen LogP contribution in [0.25, 0.3) is 0 Å². The van der Waals surface area contributed by atoms with Crippen molar-refractivity contribution in [1.29, 1.82) is 0 Å². The number of nitrogens with one attached hydrogen (secondary N) is 2. The summed E-state index contributed by atoms with van der Waals surface area (Å²) in [7, 11) is -3.85. The first kappa shape index (κ1) is 19.1. The van der Waals surface area contributed by atoms with Gasteiger partial charge < -0.3 is 9.73 Å². The van der Waals surface area contributed by atoms with Crippen molar-refractivity contribution in [2.45, 2.75) is 44.9 Å². The predicted molar refractivity (Wildman–Crippen MR) is 91.1 cm³/mol. The second kappa shape index (κ2) is 6.97. The molecule has 25 heavy (non-hydrogen) atoms. The van der Waals surface area contributed by atoms with Gasteiger partial charge in [0.25, 0.3) is 15.9 Å². The molecule has 6 nitrogen and oxygen atoms in total. The van der Waals surface area contributed by atoms with Crippen molar-refractivity contribution in [3.8, 4) is 0 Å². The molecule has 2 rings (SSSR count). The van der Waals surface area contributed by atoms with Gasteiger partial charge in [-0.05, 0) is 57.0 Å². The van der Waals surface area contributed by atoms with Crippen molar-refractivity contribution < 1.29 is 22.0 Å². The van der Waals surface area contributed by atoms with Crippen LogP contribution in [0.15, 0.2) is 39.8 Å². The number of benzene rings is 1. The van der Waals surface area contributed by atoms with Gasteiger partial charge in [0.1, 0.15) is 5.82 Å². The van der Waals surface area contributed by atoms with Gasteiger partial charge in [-0.25, -0.2) is 17.5 Å². The SMILES string of the molecule is Cc1cc(CNC(=O)c2ccc(S(=O)(=O)NC(C)(C)C)o2)ccc1F. The van der Waals surface area contributed by atoms with E-state index in [4.69, 9.17) is 4.42 Å². The molecule has 136 valence electrons. The van der Waals surface area contributed by atoms with Crippen LogP contribution in [0, 0.1) is 12.7 Å². The maximum Gasteiger partial charge on any atom is 0.287 e. The minimum atomic E-state index is -3.85. The van der Waals surface area contributed by atoms with E-state index in [1.807, 2.05) is 0 Å². The van der Waals surface area contributed by atoms with Crippen molar-refractivity contribution in [2.24, 2.45) is 0 Å². The zero-order valence-corrected chi connectivity index (χ0v) is 15.3. The lowest BCUT2D eigenvalue weighted by molar-refractivity contribution is 0.0918. The molecule has 0 aliphatic heterocycles. The van der Waals surface area contributed by atoms with Crippen LogP contribution in [0.4, 0.5) is 4.39 Å². The number of carbonyl (C=O) groups excluding carboxylic acids is 1. The third kappa shape index (κ3) is 5.14. The summed E-state index contributed by atoms with van der Waals surface area (Å²) < 4.78 is 45.2. The van der Waals surface area contributed by atoms with Gasteiger partial charge in [0, 0.05) is 12.1 Å². The maximum absolute atomic E-state index is 13.2. The van der Waals surface area contributed by atoms with Crippen LogP contribution >= 0.6 is 0 Å². The number of carbonyl (C=O) groups is 1. The molecular formula is C17H21FN2O4S. The fourth-order valence-corrected chi connectivity index (χ4v) is 3.48. The largest absolute Gasteiger partial charge is 0.438 e. The molecular weight excluding hydrogens is 347 g/mol. The van der Waals surface area contributed by atoms with Gasteiger partial charge in [-0.2, -0.15) is 0 Å². The van der Waals surface area contributed by atoms with E-state index in [0.29, 0.717) is 5.56 Å². The highest BCUT2D eigenvalue weighted by atomic mass is 32.2. The fourth-order valence-electron chi connectivity index (χ4n) is 2.13. The Hall–Kier alpha value is -2.19. The normalized spacial score (nSPS) is 12.2. The monoisotopic (exact) mass is 368 g/mol. The van der Waals surface area contributed by atoms with Gasteiger partial charge in [-0.15, -0.1) is 0 Å². The minimum absolute atomic E-state index is 0.117. The summed E-state index contributed by atoms with van der Waals surface area (Å²) in [4.78, 5) is 12.1. The zero-order chi connectivity index (χ0) is 18.8. The van der Waals surface area contributed by atoms with Crippen molar-refractivity contribution in [1.82, 2.24) is 10.0 Å². The molecule has 0 spiro atoms. The van der Waals surface area contributed by atoms with Crippen LogP contribution in [-0.2, 0) is 16.6 Å². The molecule has 0 unspecified atom stereocenters. The number of hydrogen-bond acceptors (Lipinski definition) is 4. The average Bonchev–Trinajstić information content (AvgIpc) is 2.96. The lowest BCUT2D eigenvalue weighted by Gasteiger charge is -2.18. The van der Waals surface area contributed by atoms with Crippen LogP contribution in [0.3, 0.4) is 0 Å². The second-order valence-electron chi connectivity index (χ2n) is 6.74. The smallest absolute Gasteiger partial charge is 0.287 e. The Morgan fingerprint density at radius 3 is 2.48 bits per heavy atom. The molecule has 8 heteroatoms. The molecule has 0 saturated carbocycles. The number of sulfonamides is 1. The van der Waals surface area contributed by atoms with Gasteiger partial charge in [0.2, 0.25) is 5.09 Å². The molecule has 1 heterocycles. The fraction of sp³-hybridized carbons (Fsp3) is 0.353. The molecule has 0 aliphatic rings. The Balaban J connectivity index is 2.06. The molecule has 0 aliphatic carbocycles. The summed E-state index contributed by atoms with van der Waals surface area (Å²) in [6.07, 6.45) is 0. The lowest BCUT2D eigenvalue weighted by Crippen LogP contribution is -2.40. The minimum Gasteiger partial charge on any atom is -0.438 e. The molecule has 1 aromatic carbocycles. The van der Waals surface area contributed by atoms with Crippen molar-refractivity contribution in [2.75, 3.05) is 0 Å². The summed E-state index contributed by atoms with van der Waals surface area (Å²) in [5, 5.41) is 2.28. The van der Waals surface area contributed by atoms with E-state index in [2.05, 4.69) is 10.0 Å². The highest BCUT2D eigenvalue weighted by molar-refractivity contribution is 7.89. The average molecular weight is 368 g/mol. The lowest BCUT2D eigenvalue weighted by atomic mass is 10.1. The summed E-state index contributed by atoms with van der Waals surface area (Å²) in [6, 6.07) is 7.04. The summed E-state index contributed by atoms with van der Waals surface area (Å²) in [5.41, 5.74) is 0.529. The molecule has 0 atom stereocenters. The first-order valence-electron chi connectivity index (χ1n) is 7.65. The van der Waals surface area contributed by atoms with E-state index in [1.54, 1.807) is 39.8 Å². The molecule has 2 N–H and O–H groups in total. The third-order valence-electron chi connectivity index (χ3n) is 3.19. The topological polar surface area (TPSA) is 88.4 Å². The Morgan fingerprint density at radius 1 is 1.20 bits per heavy atom. The van der Waals surface area contributed by atoms with Gasteiger partial charge in [-0.3, -0.25) is 4.79 Å². The molecule has 0 fully saturated rings. The Labute approximate surface area is 146 Å². The van der Waals surface area contributed by atoms with Gasteiger partial charge in [0.05, 0.1) is 0 Å². The van der Waals surface area contributed by atoms with Crippen LogP contribution in [0.1, 0.15) is 42.5 Å². The number of halogens is 1. The summed E-state index contributed by atoms with van der Waals surface area (Å²) >= 11 is 0. The van der Waals surface area contributed by atoms with Crippen LogP contribution in [0.2, 0.25) is 0 Å². The standard InChI is InChI=1S/C17H21FN2O4S/c1-11-9-12(5-6-13(11)18)10-19-16(21)14-7-8-15(24-14)25(22,23)20-17(2,3)4/h5-9,20H,10H2,1-4H3,(H,19,21). The van der Waals surface area contributed by atoms with E-state index in [0.717, 1.165) is 5.56 Å². The van der Waals surface area contributed by atoms with Gasteiger partial charge in [0.15, 0.2) is 5.76 Å². The predicted octanol–water partition coefficient (Wildman–Crippen LogP) is 2.73. The van der Waals surface area contributed by atoms with Crippen LogP contribution in [-0.4, -0.2) is 19.9 Å². The van der Waals surface area contributed by atoms with E-state index in [-0.39, 0.29) is 23.2 Å². The van der Waals surface area contributed by atoms with Gasteiger partial charge in [-0.1, -0.05) is 12.1 Å². The molecule has 0 radical (unpaired) electrons. The van der Waals surface area contributed by atoms with E-state index in [1.165, 1.54) is 18.2 Å². The zero-order valence-electron chi connectivity index (χ0n) is 14.5. The van der Waals surface area contributed by atoms with Crippen LogP contribution in [0.5, 0.6) is 0 Å². The Bertz CT molecular complexity index is 882. The highest BCUT2D eigenvalue weighted by Crippen LogP contribution is 2.16. The number of amides is 1.